The Hall–Kier alpha value is -1.40. The number of nitro benzene ring substituents is 1. The van der Waals surface area contributed by atoms with E-state index < -0.39 is 0 Å². The maximum Gasteiger partial charge on any atom is 0.275 e. The van der Waals surface area contributed by atoms with Gasteiger partial charge in [-0.1, -0.05) is 0 Å². The second kappa shape index (κ2) is 5.42. The first-order valence-corrected chi connectivity index (χ1v) is 8.34. The molecule has 0 bridgehead atoms. The SMILES string of the molecule is Cc1cc(N2CCc3cc(Br)sc3C2)cc(C)c1[N+](=O)[O-]. The van der Waals surface area contributed by atoms with Crippen LogP contribution < -0.4 is 4.90 Å². The van der Waals surface area contributed by atoms with E-state index in [1.165, 1.54) is 14.2 Å². The number of anilines is 1. The van der Waals surface area contributed by atoms with Crippen molar-refractivity contribution in [3.8, 4) is 0 Å². The predicted octanol–water partition coefficient (Wildman–Crippen LogP) is 4.60. The number of fused-ring (bicyclic) bond motifs is 1. The monoisotopic (exact) mass is 366 g/mol. The molecule has 1 aliphatic heterocycles. The Balaban J connectivity index is 1.94. The van der Waals surface area contributed by atoms with Crippen LogP contribution in [0.25, 0.3) is 0 Å². The van der Waals surface area contributed by atoms with Crippen molar-refractivity contribution in [1.29, 1.82) is 0 Å². The van der Waals surface area contributed by atoms with E-state index in [2.05, 4.69) is 26.9 Å². The predicted molar refractivity (Wildman–Crippen MR) is 89.3 cm³/mol. The number of hydrogen-bond donors (Lipinski definition) is 0. The molecule has 0 unspecified atom stereocenters. The average Bonchev–Trinajstić information content (AvgIpc) is 2.76. The number of aryl methyl sites for hydroxylation is 2. The molecule has 0 radical (unpaired) electrons. The molecule has 0 fully saturated rings. The summed E-state index contributed by atoms with van der Waals surface area (Å²) in [6.07, 6.45) is 1.02. The summed E-state index contributed by atoms with van der Waals surface area (Å²) in [7, 11) is 0. The van der Waals surface area contributed by atoms with Crippen molar-refractivity contribution in [1.82, 2.24) is 0 Å². The van der Waals surface area contributed by atoms with Crippen molar-refractivity contribution in [2.45, 2.75) is 26.8 Å². The zero-order valence-corrected chi connectivity index (χ0v) is 14.3. The van der Waals surface area contributed by atoms with Crippen molar-refractivity contribution >= 4 is 38.6 Å². The van der Waals surface area contributed by atoms with Crippen LogP contribution in [0.15, 0.2) is 22.0 Å². The fraction of sp³-hybridized carbons (Fsp3) is 0.333. The molecule has 0 amide bonds. The lowest BCUT2D eigenvalue weighted by Gasteiger charge is -2.29. The summed E-state index contributed by atoms with van der Waals surface area (Å²) in [5, 5.41) is 11.1. The zero-order chi connectivity index (χ0) is 15.1. The van der Waals surface area contributed by atoms with Gasteiger partial charge in [-0.3, -0.25) is 10.1 Å². The summed E-state index contributed by atoms with van der Waals surface area (Å²) in [6, 6.07) is 6.06. The number of rotatable bonds is 2. The minimum absolute atomic E-state index is 0.232. The normalized spacial score (nSPS) is 14.1. The molecule has 1 aromatic carbocycles. The van der Waals surface area contributed by atoms with E-state index >= 15 is 0 Å². The van der Waals surface area contributed by atoms with Crippen LogP contribution in [0.2, 0.25) is 0 Å². The van der Waals surface area contributed by atoms with Gasteiger partial charge in [-0.05, 0) is 60.0 Å². The molecule has 21 heavy (non-hydrogen) atoms. The molecule has 3 rings (SSSR count). The van der Waals surface area contributed by atoms with Crippen LogP contribution in [-0.4, -0.2) is 11.5 Å². The standard InChI is InChI=1S/C15H15BrN2O2S/c1-9-5-12(6-10(2)15(9)18(19)20)17-4-3-11-7-14(16)21-13(11)8-17/h5-7H,3-4,8H2,1-2H3. The summed E-state index contributed by atoms with van der Waals surface area (Å²) < 4.78 is 1.17. The van der Waals surface area contributed by atoms with E-state index in [1.54, 1.807) is 11.3 Å². The highest BCUT2D eigenvalue weighted by atomic mass is 79.9. The van der Waals surface area contributed by atoms with E-state index in [0.29, 0.717) is 0 Å². The molecule has 0 spiro atoms. The Labute approximate surface area is 135 Å². The van der Waals surface area contributed by atoms with Crippen molar-refractivity contribution < 1.29 is 4.92 Å². The molecule has 0 saturated heterocycles. The number of halogens is 1. The second-order valence-corrected chi connectivity index (χ2v) is 7.87. The Kier molecular flexibility index (Phi) is 3.75. The summed E-state index contributed by atoms with van der Waals surface area (Å²) in [5.41, 5.74) is 4.18. The minimum atomic E-state index is -0.293. The summed E-state index contributed by atoms with van der Waals surface area (Å²) in [5.74, 6) is 0. The maximum atomic E-state index is 11.1. The Morgan fingerprint density at radius 2 is 1.95 bits per heavy atom. The summed E-state index contributed by atoms with van der Waals surface area (Å²) >= 11 is 5.31. The minimum Gasteiger partial charge on any atom is -0.366 e. The fourth-order valence-electron chi connectivity index (χ4n) is 2.91. The molecule has 2 aromatic rings. The van der Waals surface area contributed by atoms with Gasteiger partial charge in [0.1, 0.15) is 0 Å². The van der Waals surface area contributed by atoms with Gasteiger partial charge in [0, 0.05) is 28.2 Å². The number of nitro groups is 1. The zero-order valence-electron chi connectivity index (χ0n) is 11.9. The van der Waals surface area contributed by atoms with Gasteiger partial charge in [0.15, 0.2) is 0 Å². The molecule has 6 heteroatoms. The Morgan fingerprint density at radius 3 is 2.57 bits per heavy atom. The molecule has 0 saturated carbocycles. The van der Waals surface area contributed by atoms with Crippen LogP contribution >= 0.6 is 27.3 Å². The molecule has 2 heterocycles. The molecule has 4 nitrogen and oxygen atoms in total. The van der Waals surface area contributed by atoms with Crippen LogP contribution in [0.4, 0.5) is 11.4 Å². The smallest absolute Gasteiger partial charge is 0.275 e. The highest BCUT2D eigenvalue weighted by molar-refractivity contribution is 9.11. The number of benzene rings is 1. The lowest BCUT2D eigenvalue weighted by Crippen LogP contribution is -2.29. The van der Waals surface area contributed by atoms with E-state index in [0.717, 1.165) is 36.3 Å². The summed E-state index contributed by atoms with van der Waals surface area (Å²) in [4.78, 5) is 14.5. The number of hydrogen-bond acceptors (Lipinski definition) is 4. The summed E-state index contributed by atoms with van der Waals surface area (Å²) in [6.45, 7) is 5.45. The van der Waals surface area contributed by atoms with Crippen LogP contribution in [0.5, 0.6) is 0 Å². The maximum absolute atomic E-state index is 11.1. The lowest BCUT2D eigenvalue weighted by atomic mass is 10.0. The van der Waals surface area contributed by atoms with E-state index in [1.807, 2.05) is 26.0 Å². The molecule has 1 aliphatic rings. The molecule has 0 N–H and O–H groups in total. The van der Waals surface area contributed by atoms with E-state index in [4.69, 9.17) is 0 Å². The first-order valence-electron chi connectivity index (χ1n) is 6.73. The lowest BCUT2D eigenvalue weighted by molar-refractivity contribution is -0.386. The van der Waals surface area contributed by atoms with Gasteiger partial charge in [-0.25, -0.2) is 0 Å². The van der Waals surface area contributed by atoms with Gasteiger partial charge < -0.3 is 4.90 Å². The average molecular weight is 367 g/mol. The molecule has 0 aliphatic carbocycles. The first kappa shape index (κ1) is 14.5. The number of thiophene rings is 1. The molecule has 0 atom stereocenters. The van der Waals surface area contributed by atoms with Gasteiger partial charge in [-0.2, -0.15) is 0 Å². The molecule has 110 valence electrons. The largest absolute Gasteiger partial charge is 0.366 e. The third-order valence-electron chi connectivity index (χ3n) is 3.88. The van der Waals surface area contributed by atoms with Crippen LogP contribution in [0, 0.1) is 24.0 Å². The highest BCUT2D eigenvalue weighted by Crippen LogP contribution is 2.35. The third-order valence-corrected chi connectivity index (χ3v) is 5.54. The highest BCUT2D eigenvalue weighted by Gasteiger charge is 2.22. The van der Waals surface area contributed by atoms with Crippen molar-refractivity contribution in [3.05, 3.63) is 53.7 Å². The Morgan fingerprint density at radius 1 is 1.29 bits per heavy atom. The van der Waals surface area contributed by atoms with Gasteiger partial charge in [0.05, 0.1) is 15.3 Å². The van der Waals surface area contributed by atoms with E-state index in [-0.39, 0.29) is 10.6 Å². The fourth-order valence-corrected chi connectivity index (χ4v) is 4.72. The quantitative estimate of drug-likeness (QED) is 0.576. The Bertz CT molecular complexity index is 703. The van der Waals surface area contributed by atoms with Gasteiger partial charge in [0.2, 0.25) is 0 Å². The third kappa shape index (κ3) is 2.70. The van der Waals surface area contributed by atoms with Crippen LogP contribution in [0.3, 0.4) is 0 Å². The van der Waals surface area contributed by atoms with Gasteiger partial charge >= 0.3 is 0 Å². The van der Waals surface area contributed by atoms with Crippen molar-refractivity contribution in [3.63, 3.8) is 0 Å². The van der Waals surface area contributed by atoms with Crippen molar-refractivity contribution in [2.24, 2.45) is 0 Å². The molecule has 1 aromatic heterocycles. The van der Waals surface area contributed by atoms with Crippen LogP contribution in [0.1, 0.15) is 21.6 Å². The topological polar surface area (TPSA) is 46.4 Å². The van der Waals surface area contributed by atoms with Gasteiger partial charge in [0.25, 0.3) is 5.69 Å². The number of nitrogens with zero attached hydrogens (tertiary/aromatic N) is 2. The second-order valence-electron chi connectivity index (χ2n) is 5.36. The molecular weight excluding hydrogens is 352 g/mol. The molecular formula is C15H15BrN2O2S. The van der Waals surface area contributed by atoms with Gasteiger partial charge in [-0.15, -0.1) is 11.3 Å². The van der Waals surface area contributed by atoms with E-state index in [9.17, 15) is 10.1 Å². The van der Waals surface area contributed by atoms with Crippen molar-refractivity contribution in [2.75, 3.05) is 11.4 Å². The van der Waals surface area contributed by atoms with Crippen LogP contribution in [-0.2, 0) is 13.0 Å². The first-order chi connectivity index (χ1) is 9.95.